The molecule has 0 aromatic heterocycles. The van der Waals surface area contributed by atoms with E-state index in [0.29, 0.717) is 6.42 Å². The summed E-state index contributed by atoms with van der Waals surface area (Å²) in [7, 11) is 0. The van der Waals surface area contributed by atoms with Crippen LogP contribution in [0.25, 0.3) is 0 Å². The maximum atomic E-state index is 12.1. The zero-order valence-electron chi connectivity index (χ0n) is 10.9. The highest BCUT2D eigenvalue weighted by Crippen LogP contribution is 2.44. The molecule has 0 radical (unpaired) electrons. The molecule has 0 heterocycles. The van der Waals surface area contributed by atoms with Crippen molar-refractivity contribution in [3.63, 3.8) is 0 Å². The SMILES string of the molecule is O=C(O)CC1(CC(=O)Nc2ccccc2)CCCC1. The quantitative estimate of drug-likeness (QED) is 0.856. The minimum atomic E-state index is -0.811. The van der Waals surface area contributed by atoms with E-state index in [-0.39, 0.29) is 17.7 Å². The highest BCUT2D eigenvalue weighted by Gasteiger charge is 2.37. The molecular formula is C15H19NO3. The molecule has 4 heteroatoms. The van der Waals surface area contributed by atoms with E-state index in [1.807, 2.05) is 30.3 Å². The number of benzene rings is 1. The molecular weight excluding hydrogens is 242 g/mol. The minimum Gasteiger partial charge on any atom is -0.481 e. The van der Waals surface area contributed by atoms with Crippen LogP contribution in [0.3, 0.4) is 0 Å². The monoisotopic (exact) mass is 261 g/mol. The molecule has 1 fully saturated rings. The lowest BCUT2D eigenvalue weighted by Crippen LogP contribution is -2.27. The Balaban J connectivity index is 1.97. The zero-order valence-corrected chi connectivity index (χ0v) is 10.9. The van der Waals surface area contributed by atoms with Crippen LogP contribution < -0.4 is 5.32 Å². The number of carboxylic acid groups (broad SMARTS) is 1. The van der Waals surface area contributed by atoms with E-state index in [9.17, 15) is 9.59 Å². The molecule has 0 spiro atoms. The minimum absolute atomic E-state index is 0.0886. The van der Waals surface area contributed by atoms with Gasteiger partial charge in [0.2, 0.25) is 5.91 Å². The van der Waals surface area contributed by atoms with Crippen LogP contribution in [-0.4, -0.2) is 17.0 Å². The van der Waals surface area contributed by atoms with E-state index < -0.39 is 5.97 Å². The van der Waals surface area contributed by atoms with Crippen LogP contribution in [0, 0.1) is 5.41 Å². The molecule has 2 rings (SSSR count). The van der Waals surface area contributed by atoms with E-state index in [4.69, 9.17) is 5.11 Å². The molecule has 0 bridgehead atoms. The van der Waals surface area contributed by atoms with E-state index in [0.717, 1.165) is 31.4 Å². The molecule has 1 aliphatic carbocycles. The Morgan fingerprint density at radius 1 is 1.11 bits per heavy atom. The summed E-state index contributed by atoms with van der Waals surface area (Å²) in [5, 5.41) is 11.8. The molecule has 0 saturated heterocycles. The number of nitrogens with one attached hydrogen (secondary N) is 1. The summed E-state index contributed by atoms with van der Waals surface area (Å²) in [5.41, 5.74) is 0.418. The molecule has 0 unspecified atom stereocenters. The maximum absolute atomic E-state index is 12.1. The van der Waals surface area contributed by atoms with Gasteiger partial charge in [-0.1, -0.05) is 31.0 Å². The van der Waals surface area contributed by atoms with Gasteiger partial charge < -0.3 is 10.4 Å². The molecule has 2 N–H and O–H groups in total. The number of hydrogen-bond donors (Lipinski definition) is 2. The predicted octanol–water partition coefficient (Wildman–Crippen LogP) is 3.05. The molecule has 1 aromatic rings. The van der Waals surface area contributed by atoms with E-state index in [1.165, 1.54) is 0 Å². The first-order valence-electron chi connectivity index (χ1n) is 6.66. The number of carbonyl (C=O) groups excluding carboxylic acids is 1. The van der Waals surface area contributed by atoms with E-state index >= 15 is 0 Å². The Hall–Kier alpha value is -1.84. The van der Waals surface area contributed by atoms with Gasteiger partial charge in [-0.2, -0.15) is 0 Å². The van der Waals surface area contributed by atoms with Gasteiger partial charge >= 0.3 is 5.97 Å². The number of hydrogen-bond acceptors (Lipinski definition) is 2. The molecule has 19 heavy (non-hydrogen) atoms. The van der Waals surface area contributed by atoms with Gasteiger partial charge in [0.15, 0.2) is 0 Å². The average molecular weight is 261 g/mol. The Morgan fingerprint density at radius 2 is 1.74 bits per heavy atom. The Kier molecular flexibility index (Phi) is 4.20. The van der Waals surface area contributed by atoms with Gasteiger partial charge in [0, 0.05) is 12.1 Å². The van der Waals surface area contributed by atoms with Crippen molar-refractivity contribution in [1.82, 2.24) is 0 Å². The van der Waals surface area contributed by atoms with Gasteiger partial charge in [-0.25, -0.2) is 0 Å². The third-order valence-corrected chi connectivity index (χ3v) is 3.78. The second-order valence-electron chi connectivity index (χ2n) is 5.37. The van der Waals surface area contributed by atoms with E-state index in [2.05, 4.69) is 5.32 Å². The highest BCUT2D eigenvalue weighted by atomic mass is 16.4. The summed E-state index contributed by atoms with van der Waals surface area (Å²) < 4.78 is 0. The first-order chi connectivity index (χ1) is 9.10. The standard InChI is InChI=1S/C15H19NO3/c17-13(16-12-6-2-1-3-7-12)10-15(11-14(18)19)8-4-5-9-15/h1-3,6-7H,4-5,8-11H2,(H,16,17)(H,18,19). The Bertz CT molecular complexity index is 450. The van der Waals surface area contributed by atoms with Crippen molar-refractivity contribution in [2.75, 3.05) is 5.32 Å². The van der Waals surface area contributed by atoms with Gasteiger partial charge in [-0.15, -0.1) is 0 Å². The topological polar surface area (TPSA) is 66.4 Å². The zero-order chi connectivity index (χ0) is 13.7. The lowest BCUT2D eigenvalue weighted by molar-refractivity contribution is -0.140. The Labute approximate surface area is 112 Å². The molecule has 1 saturated carbocycles. The second-order valence-corrected chi connectivity index (χ2v) is 5.37. The van der Waals surface area contributed by atoms with Crippen molar-refractivity contribution in [2.24, 2.45) is 5.41 Å². The molecule has 0 aliphatic heterocycles. The molecule has 1 aliphatic rings. The molecule has 1 amide bonds. The second kappa shape index (κ2) is 5.87. The maximum Gasteiger partial charge on any atom is 0.303 e. The lowest BCUT2D eigenvalue weighted by Gasteiger charge is -2.26. The van der Waals surface area contributed by atoms with Crippen LogP contribution in [0.1, 0.15) is 38.5 Å². The van der Waals surface area contributed by atoms with Gasteiger partial charge in [-0.05, 0) is 30.4 Å². The van der Waals surface area contributed by atoms with Crippen LogP contribution in [0.15, 0.2) is 30.3 Å². The summed E-state index contributed by atoms with van der Waals surface area (Å²) >= 11 is 0. The van der Waals surface area contributed by atoms with Crippen molar-refractivity contribution in [2.45, 2.75) is 38.5 Å². The summed E-state index contributed by atoms with van der Waals surface area (Å²) in [6.07, 6.45) is 4.10. The Morgan fingerprint density at radius 3 is 2.32 bits per heavy atom. The summed E-state index contributed by atoms with van der Waals surface area (Å²) in [4.78, 5) is 23.0. The highest BCUT2D eigenvalue weighted by molar-refractivity contribution is 5.91. The van der Waals surface area contributed by atoms with Crippen molar-refractivity contribution in [3.8, 4) is 0 Å². The number of carbonyl (C=O) groups is 2. The van der Waals surface area contributed by atoms with Crippen LogP contribution >= 0.6 is 0 Å². The van der Waals surface area contributed by atoms with Gasteiger partial charge in [0.05, 0.1) is 6.42 Å². The fourth-order valence-electron chi connectivity index (χ4n) is 2.93. The van der Waals surface area contributed by atoms with Crippen molar-refractivity contribution in [1.29, 1.82) is 0 Å². The molecule has 102 valence electrons. The fourth-order valence-corrected chi connectivity index (χ4v) is 2.93. The smallest absolute Gasteiger partial charge is 0.303 e. The van der Waals surface area contributed by atoms with Gasteiger partial charge in [0.25, 0.3) is 0 Å². The summed E-state index contributed by atoms with van der Waals surface area (Å²) in [6.45, 7) is 0. The van der Waals surface area contributed by atoms with E-state index in [1.54, 1.807) is 0 Å². The average Bonchev–Trinajstić information content (AvgIpc) is 2.77. The van der Waals surface area contributed by atoms with Crippen molar-refractivity contribution in [3.05, 3.63) is 30.3 Å². The normalized spacial score (nSPS) is 17.1. The summed E-state index contributed by atoms with van der Waals surface area (Å²) in [5.74, 6) is -0.899. The first-order valence-corrected chi connectivity index (χ1v) is 6.66. The largest absolute Gasteiger partial charge is 0.481 e. The third-order valence-electron chi connectivity index (χ3n) is 3.78. The molecule has 0 atom stereocenters. The van der Waals surface area contributed by atoms with Gasteiger partial charge in [0.1, 0.15) is 0 Å². The number of amides is 1. The number of aliphatic carboxylic acids is 1. The number of rotatable bonds is 5. The first kappa shape index (κ1) is 13.6. The predicted molar refractivity (Wildman–Crippen MR) is 72.8 cm³/mol. The van der Waals surface area contributed by atoms with Crippen LogP contribution in [0.2, 0.25) is 0 Å². The van der Waals surface area contributed by atoms with Crippen LogP contribution in [0.5, 0.6) is 0 Å². The lowest BCUT2D eigenvalue weighted by atomic mass is 9.79. The summed E-state index contributed by atoms with van der Waals surface area (Å²) in [6, 6.07) is 9.27. The molecule has 4 nitrogen and oxygen atoms in total. The number of para-hydroxylation sites is 1. The fraction of sp³-hybridized carbons (Fsp3) is 0.467. The number of carboxylic acids is 1. The number of anilines is 1. The van der Waals surface area contributed by atoms with Crippen LogP contribution in [0.4, 0.5) is 5.69 Å². The van der Waals surface area contributed by atoms with Crippen molar-refractivity contribution >= 4 is 17.6 Å². The van der Waals surface area contributed by atoms with Gasteiger partial charge in [-0.3, -0.25) is 9.59 Å². The molecule has 1 aromatic carbocycles. The van der Waals surface area contributed by atoms with Crippen molar-refractivity contribution < 1.29 is 14.7 Å². The third kappa shape index (κ3) is 3.81. The van der Waals surface area contributed by atoms with Crippen LogP contribution in [-0.2, 0) is 9.59 Å².